The van der Waals surface area contributed by atoms with Crippen LogP contribution in [0.1, 0.15) is 26.2 Å². The Morgan fingerprint density at radius 1 is 1.55 bits per heavy atom. The summed E-state index contributed by atoms with van der Waals surface area (Å²) >= 11 is 0. The standard InChI is InChI=1S/C9H17NO/c1-7(11)5-10-6-8-2-3-9(10)4-8/h7-9,11H,2-6H2,1H3/t7?,8-,9+/m1/s1. The van der Waals surface area contributed by atoms with E-state index in [0.717, 1.165) is 18.5 Å². The van der Waals surface area contributed by atoms with Crippen LogP contribution in [-0.4, -0.2) is 35.2 Å². The Labute approximate surface area is 68.2 Å². The van der Waals surface area contributed by atoms with Gasteiger partial charge in [-0.2, -0.15) is 0 Å². The Bertz CT molecular complexity index is 146. The van der Waals surface area contributed by atoms with Crippen LogP contribution in [0.25, 0.3) is 0 Å². The molecule has 2 bridgehead atoms. The van der Waals surface area contributed by atoms with E-state index in [1.54, 1.807) is 0 Å². The normalized spacial score (nSPS) is 39.8. The van der Waals surface area contributed by atoms with Crippen LogP contribution in [0.15, 0.2) is 0 Å². The largest absolute Gasteiger partial charge is 0.392 e. The predicted molar refractivity (Wildman–Crippen MR) is 44.4 cm³/mol. The summed E-state index contributed by atoms with van der Waals surface area (Å²) in [4.78, 5) is 2.46. The van der Waals surface area contributed by atoms with Gasteiger partial charge in [0.1, 0.15) is 0 Å². The molecule has 11 heavy (non-hydrogen) atoms. The van der Waals surface area contributed by atoms with Gasteiger partial charge in [-0.1, -0.05) is 0 Å². The number of likely N-dealkylation sites (tertiary alicyclic amines) is 1. The van der Waals surface area contributed by atoms with Crippen LogP contribution in [-0.2, 0) is 0 Å². The summed E-state index contributed by atoms with van der Waals surface area (Å²) in [5.41, 5.74) is 0. The van der Waals surface area contributed by atoms with Gasteiger partial charge in [0.15, 0.2) is 0 Å². The monoisotopic (exact) mass is 155 g/mol. The fourth-order valence-corrected chi connectivity index (χ4v) is 2.59. The number of fused-ring (bicyclic) bond motifs is 2. The van der Waals surface area contributed by atoms with E-state index in [-0.39, 0.29) is 6.10 Å². The van der Waals surface area contributed by atoms with E-state index in [9.17, 15) is 5.11 Å². The third-order valence-electron chi connectivity index (χ3n) is 3.02. The smallest absolute Gasteiger partial charge is 0.0639 e. The molecule has 1 unspecified atom stereocenters. The zero-order chi connectivity index (χ0) is 7.84. The molecular formula is C9H17NO. The van der Waals surface area contributed by atoms with E-state index in [2.05, 4.69) is 4.90 Å². The van der Waals surface area contributed by atoms with Crippen LogP contribution in [0.4, 0.5) is 0 Å². The molecule has 64 valence electrons. The lowest BCUT2D eigenvalue weighted by Crippen LogP contribution is -2.37. The second kappa shape index (κ2) is 2.76. The fraction of sp³-hybridized carbons (Fsp3) is 1.00. The van der Waals surface area contributed by atoms with Gasteiger partial charge < -0.3 is 5.11 Å². The minimum atomic E-state index is -0.144. The molecule has 1 aliphatic carbocycles. The topological polar surface area (TPSA) is 23.5 Å². The molecule has 1 heterocycles. The fourth-order valence-electron chi connectivity index (χ4n) is 2.59. The number of aliphatic hydroxyl groups is 1. The first-order chi connectivity index (χ1) is 5.25. The van der Waals surface area contributed by atoms with E-state index in [0.29, 0.717) is 0 Å². The second-order valence-electron chi connectivity index (χ2n) is 4.14. The summed E-state index contributed by atoms with van der Waals surface area (Å²) in [5, 5.41) is 9.20. The second-order valence-corrected chi connectivity index (χ2v) is 4.14. The van der Waals surface area contributed by atoms with Crippen molar-refractivity contribution in [3.05, 3.63) is 0 Å². The lowest BCUT2D eigenvalue weighted by atomic mass is 10.1. The van der Waals surface area contributed by atoms with Gasteiger partial charge in [-0.25, -0.2) is 0 Å². The summed E-state index contributed by atoms with van der Waals surface area (Å²) in [5.74, 6) is 0.957. The van der Waals surface area contributed by atoms with E-state index >= 15 is 0 Å². The summed E-state index contributed by atoms with van der Waals surface area (Å²) < 4.78 is 0. The molecule has 1 saturated carbocycles. The van der Waals surface area contributed by atoms with Crippen LogP contribution in [0.3, 0.4) is 0 Å². The zero-order valence-electron chi connectivity index (χ0n) is 7.16. The molecule has 0 aromatic heterocycles. The number of hydrogen-bond acceptors (Lipinski definition) is 2. The molecular weight excluding hydrogens is 138 g/mol. The van der Waals surface area contributed by atoms with E-state index < -0.39 is 0 Å². The van der Waals surface area contributed by atoms with Gasteiger partial charge in [0.2, 0.25) is 0 Å². The highest BCUT2D eigenvalue weighted by atomic mass is 16.3. The van der Waals surface area contributed by atoms with E-state index in [1.807, 2.05) is 6.92 Å². The number of nitrogens with zero attached hydrogens (tertiary/aromatic N) is 1. The lowest BCUT2D eigenvalue weighted by Gasteiger charge is -2.27. The van der Waals surface area contributed by atoms with E-state index in [4.69, 9.17) is 0 Å². The minimum Gasteiger partial charge on any atom is -0.392 e. The highest BCUT2D eigenvalue weighted by Crippen LogP contribution is 2.37. The summed E-state index contributed by atoms with van der Waals surface area (Å²) in [6, 6.07) is 0.814. The molecule has 0 radical (unpaired) electrons. The Morgan fingerprint density at radius 3 is 2.82 bits per heavy atom. The van der Waals surface area contributed by atoms with Crippen LogP contribution >= 0.6 is 0 Å². The van der Waals surface area contributed by atoms with Crippen molar-refractivity contribution in [3.63, 3.8) is 0 Å². The number of aliphatic hydroxyl groups excluding tert-OH is 1. The first-order valence-electron chi connectivity index (χ1n) is 4.68. The van der Waals surface area contributed by atoms with E-state index in [1.165, 1.54) is 25.8 Å². The maximum Gasteiger partial charge on any atom is 0.0639 e. The van der Waals surface area contributed by atoms with Crippen LogP contribution in [0.2, 0.25) is 0 Å². The molecule has 1 saturated heterocycles. The zero-order valence-corrected chi connectivity index (χ0v) is 7.16. The molecule has 2 aliphatic rings. The van der Waals surface area contributed by atoms with Crippen molar-refractivity contribution in [2.75, 3.05) is 13.1 Å². The quantitative estimate of drug-likeness (QED) is 0.639. The SMILES string of the molecule is CC(O)CN1C[C@@H]2CC[C@H]1C2. The van der Waals surface area contributed by atoms with Crippen molar-refractivity contribution in [2.24, 2.45) is 5.92 Å². The number of hydrogen-bond donors (Lipinski definition) is 1. The van der Waals surface area contributed by atoms with Crippen LogP contribution in [0.5, 0.6) is 0 Å². The molecule has 1 aliphatic heterocycles. The van der Waals surface area contributed by atoms with Gasteiger partial charge in [0, 0.05) is 19.1 Å². The molecule has 2 fully saturated rings. The van der Waals surface area contributed by atoms with Crippen LogP contribution in [0, 0.1) is 5.92 Å². The van der Waals surface area contributed by atoms with Gasteiger partial charge >= 0.3 is 0 Å². The Hall–Kier alpha value is -0.0800. The van der Waals surface area contributed by atoms with Crippen molar-refractivity contribution >= 4 is 0 Å². The molecule has 0 spiro atoms. The van der Waals surface area contributed by atoms with Crippen molar-refractivity contribution in [3.8, 4) is 0 Å². The Balaban J connectivity index is 1.87. The van der Waals surface area contributed by atoms with Crippen molar-refractivity contribution < 1.29 is 5.11 Å². The molecule has 0 aromatic rings. The molecule has 3 atom stereocenters. The highest BCUT2D eigenvalue weighted by Gasteiger charge is 2.37. The average Bonchev–Trinajstić information content (AvgIpc) is 2.45. The van der Waals surface area contributed by atoms with Gasteiger partial charge in [0.25, 0.3) is 0 Å². The average molecular weight is 155 g/mol. The molecule has 0 amide bonds. The lowest BCUT2D eigenvalue weighted by molar-refractivity contribution is 0.107. The Morgan fingerprint density at radius 2 is 2.36 bits per heavy atom. The highest BCUT2D eigenvalue weighted by molar-refractivity contribution is 4.92. The number of piperidine rings is 1. The third kappa shape index (κ3) is 1.42. The maximum absolute atomic E-state index is 9.20. The van der Waals surface area contributed by atoms with Crippen LogP contribution < -0.4 is 0 Å². The number of β-amino-alcohol motifs (C(OH)–C–C–N with tert-alkyl or cyclic N) is 1. The maximum atomic E-state index is 9.20. The summed E-state index contributed by atoms with van der Waals surface area (Å²) in [6.45, 7) is 4.02. The van der Waals surface area contributed by atoms with Gasteiger partial charge in [-0.3, -0.25) is 4.90 Å². The van der Waals surface area contributed by atoms with Crippen molar-refractivity contribution in [2.45, 2.75) is 38.3 Å². The van der Waals surface area contributed by atoms with Gasteiger partial charge in [-0.15, -0.1) is 0 Å². The molecule has 2 nitrogen and oxygen atoms in total. The van der Waals surface area contributed by atoms with Gasteiger partial charge in [-0.05, 0) is 32.1 Å². The Kier molecular flexibility index (Phi) is 1.90. The third-order valence-corrected chi connectivity index (χ3v) is 3.02. The van der Waals surface area contributed by atoms with Crippen molar-refractivity contribution in [1.29, 1.82) is 0 Å². The van der Waals surface area contributed by atoms with Gasteiger partial charge in [0.05, 0.1) is 6.10 Å². The molecule has 0 aromatic carbocycles. The van der Waals surface area contributed by atoms with Crippen molar-refractivity contribution in [1.82, 2.24) is 4.90 Å². The number of rotatable bonds is 2. The first-order valence-corrected chi connectivity index (χ1v) is 4.68. The molecule has 1 N–H and O–H groups in total. The summed E-state index contributed by atoms with van der Waals surface area (Å²) in [7, 11) is 0. The summed E-state index contributed by atoms with van der Waals surface area (Å²) in [6.07, 6.45) is 4.06. The minimum absolute atomic E-state index is 0.144. The molecule has 2 rings (SSSR count). The predicted octanol–water partition coefficient (Wildman–Crippen LogP) is 0.852. The molecule has 2 heteroatoms. The first kappa shape index (κ1) is 7.56.